The third-order valence-corrected chi connectivity index (χ3v) is 6.42. The van der Waals surface area contributed by atoms with Crippen molar-refractivity contribution in [3.05, 3.63) is 69.0 Å². The second-order valence-corrected chi connectivity index (χ2v) is 8.27. The zero-order chi connectivity index (χ0) is 21.5. The van der Waals surface area contributed by atoms with Crippen LogP contribution in [0.1, 0.15) is 25.3 Å². The van der Waals surface area contributed by atoms with Gasteiger partial charge in [-0.3, -0.25) is 9.59 Å². The van der Waals surface area contributed by atoms with Gasteiger partial charge in [0.05, 0.1) is 18.4 Å². The van der Waals surface area contributed by atoms with E-state index in [0.29, 0.717) is 27.4 Å². The number of hydrogen-bond acceptors (Lipinski definition) is 6. The van der Waals surface area contributed by atoms with Crippen LogP contribution in [0.25, 0.3) is 21.9 Å². The van der Waals surface area contributed by atoms with E-state index in [4.69, 9.17) is 4.74 Å². The Morgan fingerprint density at radius 2 is 1.84 bits per heavy atom. The minimum absolute atomic E-state index is 0.133. The van der Waals surface area contributed by atoms with Crippen molar-refractivity contribution >= 4 is 33.5 Å². The van der Waals surface area contributed by atoms with Crippen molar-refractivity contribution < 1.29 is 9.53 Å². The fourth-order valence-corrected chi connectivity index (χ4v) is 4.78. The van der Waals surface area contributed by atoms with Crippen LogP contribution >= 0.6 is 11.3 Å². The standard InChI is InChI=1S/C23H20N4O3S/c1-3-4-13-26-17-8-6-5-7-16(17)18(21(26)28)19-22(29)27-23(31-19)24-20(25-27)14-9-11-15(30-2)12-10-14/h5-12H,3-4,13H2,1-2H3/b19-18+. The fraction of sp³-hybridized carbons (Fsp3) is 0.217. The van der Waals surface area contributed by atoms with Crippen LogP contribution in [0.3, 0.4) is 0 Å². The Hall–Kier alpha value is -3.52. The molecule has 0 bridgehead atoms. The number of fused-ring (bicyclic) bond motifs is 2. The van der Waals surface area contributed by atoms with E-state index in [2.05, 4.69) is 17.0 Å². The van der Waals surface area contributed by atoms with Crippen LogP contribution in [-0.4, -0.2) is 34.2 Å². The zero-order valence-corrected chi connectivity index (χ0v) is 18.0. The van der Waals surface area contributed by atoms with Crippen molar-refractivity contribution in [1.82, 2.24) is 14.6 Å². The Morgan fingerprint density at radius 1 is 1.06 bits per heavy atom. The summed E-state index contributed by atoms with van der Waals surface area (Å²) in [6.45, 7) is 2.72. The number of para-hydroxylation sites is 1. The molecule has 0 radical (unpaired) electrons. The van der Waals surface area contributed by atoms with Gasteiger partial charge in [0.15, 0.2) is 5.82 Å². The molecule has 8 heteroatoms. The van der Waals surface area contributed by atoms with Crippen LogP contribution in [-0.2, 0) is 4.79 Å². The quantitative estimate of drug-likeness (QED) is 0.485. The van der Waals surface area contributed by atoms with Gasteiger partial charge in [0.25, 0.3) is 11.5 Å². The third kappa shape index (κ3) is 3.11. The number of aromatic nitrogens is 3. The topological polar surface area (TPSA) is 76.8 Å². The first-order valence-corrected chi connectivity index (χ1v) is 10.9. The molecule has 4 aromatic rings. The molecule has 0 aliphatic carbocycles. The van der Waals surface area contributed by atoms with E-state index in [1.54, 1.807) is 12.0 Å². The van der Waals surface area contributed by atoms with Gasteiger partial charge in [0.1, 0.15) is 10.3 Å². The number of nitrogens with zero attached hydrogens (tertiary/aromatic N) is 4. The van der Waals surface area contributed by atoms with Crippen molar-refractivity contribution in [1.29, 1.82) is 0 Å². The largest absolute Gasteiger partial charge is 0.497 e. The average molecular weight is 433 g/mol. The first-order valence-electron chi connectivity index (χ1n) is 10.1. The number of methoxy groups -OCH3 is 1. The third-order valence-electron chi connectivity index (χ3n) is 5.39. The molecule has 3 heterocycles. The number of benzene rings is 2. The molecule has 0 unspecified atom stereocenters. The number of carbonyl (C=O) groups is 1. The molecule has 0 spiro atoms. The lowest BCUT2D eigenvalue weighted by Gasteiger charge is -2.16. The predicted octanol–water partition coefficient (Wildman–Crippen LogP) is 2.89. The van der Waals surface area contributed by atoms with Gasteiger partial charge in [0.2, 0.25) is 4.96 Å². The summed E-state index contributed by atoms with van der Waals surface area (Å²) in [6, 6.07) is 15.0. The predicted molar refractivity (Wildman–Crippen MR) is 121 cm³/mol. The Morgan fingerprint density at radius 3 is 2.55 bits per heavy atom. The van der Waals surface area contributed by atoms with E-state index in [-0.39, 0.29) is 11.5 Å². The summed E-state index contributed by atoms with van der Waals surface area (Å²) in [5.41, 5.74) is 2.56. The van der Waals surface area contributed by atoms with Crippen LogP contribution in [0, 0.1) is 0 Å². The summed E-state index contributed by atoms with van der Waals surface area (Å²) in [5, 5.41) is 4.40. The molecule has 2 aromatic heterocycles. The summed E-state index contributed by atoms with van der Waals surface area (Å²) in [4.78, 5) is 33.2. The maximum atomic E-state index is 13.3. The lowest BCUT2D eigenvalue weighted by atomic mass is 10.1. The number of ether oxygens (including phenoxy) is 1. The first kappa shape index (κ1) is 19.4. The van der Waals surface area contributed by atoms with E-state index < -0.39 is 0 Å². The molecular formula is C23H20N4O3S. The molecule has 7 nitrogen and oxygen atoms in total. The molecule has 0 N–H and O–H groups in total. The Kier molecular flexibility index (Phi) is 4.78. The molecule has 1 amide bonds. The summed E-state index contributed by atoms with van der Waals surface area (Å²) in [6.07, 6.45) is 1.89. The number of carbonyl (C=O) groups excluding carboxylic acids is 1. The summed E-state index contributed by atoms with van der Waals surface area (Å²) in [5.74, 6) is 1.07. The number of thiazole rings is 1. The van der Waals surface area contributed by atoms with Gasteiger partial charge < -0.3 is 9.64 Å². The second-order valence-electron chi connectivity index (χ2n) is 7.30. The SMILES string of the molecule is CCCCN1C(=O)/C(=c2/sc3nc(-c4ccc(OC)cc4)nn3c2=O)c2ccccc21. The zero-order valence-electron chi connectivity index (χ0n) is 17.2. The summed E-state index contributed by atoms with van der Waals surface area (Å²) >= 11 is 1.21. The number of unbranched alkanes of at least 4 members (excludes halogenated alkanes) is 1. The van der Waals surface area contributed by atoms with Crippen molar-refractivity contribution in [3.63, 3.8) is 0 Å². The molecule has 0 atom stereocenters. The van der Waals surface area contributed by atoms with Crippen molar-refractivity contribution in [2.24, 2.45) is 0 Å². The van der Waals surface area contributed by atoms with Crippen molar-refractivity contribution in [2.45, 2.75) is 19.8 Å². The molecule has 0 fully saturated rings. The van der Waals surface area contributed by atoms with Crippen molar-refractivity contribution in [3.8, 4) is 17.1 Å². The number of rotatable bonds is 5. The highest BCUT2D eigenvalue weighted by Gasteiger charge is 2.33. The monoisotopic (exact) mass is 432 g/mol. The highest BCUT2D eigenvalue weighted by molar-refractivity contribution is 7.15. The van der Waals surface area contributed by atoms with Gasteiger partial charge >= 0.3 is 0 Å². The van der Waals surface area contributed by atoms with Crippen molar-refractivity contribution in [2.75, 3.05) is 18.6 Å². The normalized spacial score (nSPS) is 15.0. The molecule has 0 saturated heterocycles. The highest BCUT2D eigenvalue weighted by Crippen LogP contribution is 2.35. The molecule has 1 aliphatic rings. The lowest BCUT2D eigenvalue weighted by Crippen LogP contribution is -2.33. The summed E-state index contributed by atoms with van der Waals surface area (Å²) in [7, 11) is 1.61. The second kappa shape index (κ2) is 7.63. The number of anilines is 1. The van der Waals surface area contributed by atoms with Gasteiger partial charge in [-0.05, 0) is 36.8 Å². The molecular weight excluding hydrogens is 412 g/mol. The lowest BCUT2D eigenvalue weighted by molar-refractivity contribution is -0.113. The first-order chi connectivity index (χ1) is 15.1. The van der Waals surface area contributed by atoms with Gasteiger partial charge in [-0.15, -0.1) is 5.10 Å². The van der Waals surface area contributed by atoms with Crippen LogP contribution in [0.15, 0.2) is 53.3 Å². The fourth-order valence-electron chi connectivity index (χ4n) is 3.79. The molecule has 5 rings (SSSR count). The summed E-state index contributed by atoms with van der Waals surface area (Å²) < 4.78 is 6.85. The van der Waals surface area contributed by atoms with E-state index in [1.807, 2.05) is 48.5 Å². The van der Waals surface area contributed by atoms with Gasteiger partial charge in [-0.25, -0.2) is 0 Å². The van der Waals surface area contributed by atoms with Crippen LogP contribution in [0.5, 0.6) is 5.75 Å². The molecule has 2 aromatic carbocycles. The van der Waals surface area contributed by atoms with E-state index >= 15 is 0 Å². The van der Waals surface area contributed by atoms with Crippen LogP contribution in [0.2, 0.25) is 0 Å². The number of amides is 1. The Labute approximate surface area is 182 Å². The molecule has 31 heavy (non-hydrogen) atoms. The maximum absolute atomic E-state index is 13.3. The molecule has 0 saturated carbocycles. The minimum atomic E-state index is -0.317. The Balaban J connectivity index is 1.64. The minimum Gasteiger partial charge on any atom is -0.497 e. The van der Waals surface area contributed by atoms with Gasteiger partial charge in [-0.1, -0.05) is 42.9 Å². The smallest absolute Gasteiger partial charge is 0.291 e. The van der Waals surface area contributed by atoms with Crippen LogP contribution < -0.4 is 19.7 Å². The van der Waals surface area contributed by atoms with Gasteiger partial charge in [0, 0.05) is 17.7 Å². The molecule has 1 aliphatic heterocycles. The van der Waals surface area contributed by atoms with E-state index in [9.17, 15) is 9.59 Å². The maximum Gasteiger partial charge on any atom is 0.291 e. The Bertz CT molecular complexity index is 1410. The molecule has 156 valence electrons. The average Bonchev–Trinajstić information content (AvgIpc) is 3.43. The van der Waals surface area contributed by atoms with Gasteiger partial charge in [-0.2, -0.15) is 9.50 Å². The van der Waals surface area contributed by atoms with E-state index in [0.717, 1.165) is 35.4 Å². The highest BCUT2D eigenvalue weighted by atomic mass is 32.1. The van der Waals surface area contributed by atoms with E-state index in [1.165, 1.54) is 15.9 Å². The van der Waals surface area contributed by atoms with Crippen LogP contribution in [0.4, 0.5) is 5.69 Å². The number of hydrogen-bond donors (Lipinski definition) is 0.